The van der Waals surface area contributed by atoms with E-state index in [1.54, 1.807) is 25.1 Å². The molecule has 1 N–H and O–H groups in total. The number of hydrogen-bond acceptors (Lipinski definition) is 3. The van der Waals surface area contributed by atoms with Gasteiger partial charge in [0.05, 0.1) is 16.4 Å². The fourth-order valence-electron chi connectivity index (χ4n) is 1.97. The van der Waals surface area contributed by atoms with Gasteiger partial charge in [-0.1, -0.05) is 17.7 Å². The highest BCUT2D eigenvalue weighted by Gasteiger charge is 2.25. The molecule has 0 amide bonds. The third-order valence-electron chi connectivity index (χ3n) is 2.97. The molecule has 0 saturated heterocycles. The van der Waals surface area contributed by atoms with Gasteiger partial charge < -0.3 is 4.90 Å². The summed E-state index contributed by atoms with van der Waals surface area (Å²) in [6, 6.07) is 5.64. The first-order valence-corrected chi connectivity index (χ1v) is 8.13. The molecule has 0 aliphatic rings. The van der Waals surface area contributed by atoms with Crippen LogP contribution in [0.1, 0.15) is 0 Å². The second kappa shape index (κ2) is 6.29. The van der Waals surface area contributed by atoms with Crippen LogP contribution in [0.15, 0.2) is 35.2 Å². The van der Waals surface area contributed by atoms with Crippen LogP contribution in [0.3, 0.4) is 0 Å². The molecule has 0 aliphatic heterocycles. The van der Waals surface area contributed by atoms with E-state index in [1.165, 1.54) is 12.1 Å². The van der Waals surface area contributed by atoms with Gasteiger partial charge in [-0.3, -0.25) is 4.72 Å². The van der Waals surface area contributed by atoms with E-state index in [-0.39, 0.29) is 10.7 Å². The molecule has 0 aromatic heterocycles. The standard InChI is InChI=1S/C14H12ClF3N2O2S/c1-20(2)14-8(15)4-3-5-10(14)19-23(21,22)11-7-6-9(16)12(17)13(11)18/h3-7,19H,1-2H3. The number of benzene rings is 2. The van der Waals surface area contributed by atoms with Crippen molar-refractivity contribution in [3.8, 4) is 0 Å². The zero-order valence-corrected chi connectivity index (χ0v) is 13.6. The summed E-state index contributed by atoms with van der Waals surface area (Å²) in [5, 5.41) is 0.265. The van der Waals surface area contributed by atoms with Gasteiger partial charge in [0.2, 0.25) is 0 Å². The molecule has 2 aromatic rings. The lowest BCUT2D eigenvalue weighted by Crippen LogP contribution is -2.19. The number of halogens is 4. The minimum atomic E-state index is -4.47. The lowest BCUT2D eigenvalue weighted by Gasteiger charge is -2.20. The van der Waals surface area contributed by atoms with E-state index in [2.05, 4.69) is 4.72 Å². The molecular weight excluding hydrogens is 353 g/mol. The number of nitrogens with one attached hydrogen (secondary N) is 1. The fraction of sp³-hybridized carbons (Fsp3) is 0.143. The quantitative estimate of drug-likeness (QED) is 0.843. The Balaban J connectivity index is 2.53. The van der Waals surface area contributed by atoms with E-state index in [0.29, 0.717) is 17.8 Å². The molecule has 0 atom stereocenters. The highest BCUT2D eigenvalue weighted by Crippen LogP contribution is 2.34. The Bertz CT molecular complexity index is 857. The van der Waals surface area contributed by atoms with Crippen molar-refractivity contribution in [3.05, 3.63) is 52.8 Å². The number of rotatable bonds is 4. The lowest BCUT2D eigenvalue weighted by atomic mass is 10.2. The highest BCUT2D eigenvalue weighted by atomic mass is 35.5. The summed E-state index contributed by atoms with van der Waals surface area (Å²) in [6.45, 7) is 0. The Morgan fingerprint density at radius 2 is 1.70 bits per heavy atom. The van der Waals surface area contributed by atoms with Crippen LogP contribution in [0.5, 0.6) is 0 Å². The second-order valence-electron chi connectivity index (χ2n) is 4.81. The van der Waals surface area contributed by atoms with Crippen molar-refractivity contribution in [1.82, 2.24) is 0 Å². The molecule has 124 valence electrons. The molecular formula is C14H12ClF3N2O2S. The van der Waals surface area contributed by atoms with Gasteiger partial charge in [0.1, 0.15) is 4.90 Å². The van der Waals surface area contributed by atoms with E-state index in [4.69, 9.17) is 11.6 Å². The monoisotopic (exact) mass is 364 g/mol. The van der Waals surface area contributed by atoms with E-state index in [0.717, 1.165) is 0 Å². The van der Waals surface area contributed by atoms with Gasteiger partial charge in [-0.05, 0) is 24.3 Å². The largest absolute Gasteiger partial charge is 0.375 e. The zero-order chi connectivity index (χ0) is 17.4. The van der Waals surface area contributed by atoms with Gasteiger partial charge in [0, 0.05) is 14.1 Å². The zero-order valence-electron chi connectivity index (χ0n) is 12.1. The van der Waals surface area contributed by atoms with Gasteiger partial charge in [0.25, 0.3) is 10.0 Å². The Kier molecular flexibility index (Phi) is 4.76. The van der Waals surface area contributed by atoms with Crippen LogP contribution in [0.25, 0.3) is 0 Å². The molecule has 0 saturated carbocycles. The summed E-state index contributed by atoms with van der Waals surface area (Å²) in [4.78, 5) is 0.558. The maximum atomic E-state index is 13.7. The molecule has 9 heteroatoms. The summed E-state index contributed by atoms with van der Waals surface area (Å²) >= 11 is 6.02. The first-order chi connectivity index (χ1) is 10.6. The van der Waals surface area contributed by atoms with Gasteiger partial charge in [-0.2, -0.15) is 0 Å². The average molecular weight is 365 g/mol. The minimum Gasteiger partial charge on any atom is -0.375 e. The maximum absolute atomic E-state index is 13.7. The fourth-order valence-corrected chi connectivity index (χ4v) is 3.45. The summed E-state index contributed by atoms with van der Waals surface area (Å²) in [7, 11) is -1.20. The Morgan fingerprint density at radius 3 is 2.30 bits per heavy atom. The summed E-state index contributed by atoms with van der Waals surface area (Å²) in [5.41, 5.74) is 0.423. The van der Waals surface area contributed by atoms with Crippen LogP contribution in [-0.2, 0) is 10.0 Å². The smallest absolute Gasteiger partial charge is 0.265 e. The summed E-state index contributed by atoms with van der Waals surface area (Å²) in [5.74, 6) is -5.11. The van der Waals surface area contributed by atoms with E-state index in [1.807, 2.05) is 0 Å². The maximum Gasteiger partial charge on any atom is 0.265 e. The second-order valence-corrected chi connectivity index (χ2v) is 6.87. The van der Waals surface area contributed by atoms with Crippen molar-refractivity contribution in [2.45, 2.75) is 4.90 Å². The third-order valence-corrected chi connectivity index (χ3v) is 4.66. The molecule has 0 radical (unpaired) electrons. The molecule has 0 bridgehead atoms. The lowest BCUT2D eigenvalue weighted by molar-refractivity contribution is 0.432. The van der Waals surface area contributed by atoms with Gasteiger partial charge in [0.15, 0.2) is 17.5 Å². The molecule has 2 rings (SSSR count). The van der Waals surface area contributed by atoms with Crippen LogP contribution >= 0.6 is 11.6 Å². The Labute approximate surface area is 136 Å². The number of hydrogen-bond donors (Lipinski definition) is 1. The van der Waals surface area contributed by atoms with Crippen molar-refractivity contribution < 1.29 is 21.6 Å². The number of nitrogens with zero attached hydrogens (tertiary/aromatic N) is 1. The van der Waals surface area contributed by atoms with Crippen LogP contribution < -0.4 is 9.62 Å². The number of sulfonamides is 1. The molecule has 23 heavy (non-hydrogen) atoms. The van der Waals surface area contributed by atoms with Gasteiger partial charge in [-0.25, -0.2) is 21.6 Å². The van der Waals surface area contributed by atoms with Crippen LogP contribution in [0, 0.1) is 17.5 Å². The molecule has 0 unspecified atom stereocenters. The minimum absolute atomic E-state index is 0.0756. The van der Waals surface area contributed by atoms with Crippen molar-refractivity contribution in [3.63, 3.8) is 0 Å². The molecule has 0 heterocycles. The molecule has 4 nitrogen and oxygen atoms in total. The Hall–Kier alpha value is -1.93. The number of para-hydroxylation sites is 1. The molecule has 0 aliphatic carbocycles. The predicted molar refractivity (Wildman–Crippen MR) is 82.9 cm³/mol. The molecule has 2 aromatic carbocycles. The van der Waals surface area contributed by atoms with Crippen molar-refractivity contribution >= 4 is 33.0 Å². The highest BCUT2D eigenvalue weighted by molar-refractivity contribution is 7.92. The van der Waals surface area contributed by atoms with E-state index < -0.39 is 32.4 Å². The first-order valence-electron chi connectivity index (χ1n) is 6.27. The van der Waals surface area contributed by atoms with Gasteiger partial charge >= 0.3 is 0 Å². The third kappa shape index (κ3) is 3.37. The van der Waals surface area contributed by atoms with Crippen LogP contribution in [0.2, 0.25) is 5.02 Å². The van der Waals surface area contributed by atoms with Crippen molar-refractivity contribution in [2.24, 2.45) is 0 Å². The first kappa shape index (κ1) is 17.4. The Morgan fingerprint density at radius 1 is 1.04 bits per heavy atom. The summed E-state index contributed by atoms with van der Waals surface area (Å²) < 4.78 is 66.6. The van der Waals surface area contributed by atoms with Gasteiger partial charge in [-0.15, -0.1) is 0 Å². The van der Waals surface area contributed by atoms with E-state index >= 15 is 0 Å². The SMILES string of the molecule is CN(C)c1c(Cl)cccc1NS(=O)(=O)c1ccc(F)c(F)c1F. The number of anilines is 2. The summed E-state index contributed by atoms with van der Waals surface area (Å²) in [6.07, 6.45) is 0. The molecule has 0 fully saturated rings. The van der Waals surface area contributed by atoms with Crippen LogP contribution in [0.4, 0.5) is 24.5 Å². The average Bonchev–Trinajstić information content (AvgIpc) is 2.43. The topological polar surface area (TPSA) is 49.4 Å². The molecule has 0 spiro atoms. The normalized spacial score (nSPS) is 11.4. The predicted octanol–water partition coefficient (Wildman–Crippen LogP) is 3.62. The van der Waals surface area contributed by atoms with E-state index in [9.17, 15) is 21.6 Å². The van der Waals surface area contributed by atoms with Crippen molar-refractivity contribution in [1.29, 1.82) is 0 Å². The van der Waals surface area contributed by atoms with Crippen molar-refractivity contribution in [2.75, 3.05) is 23.7 Å². The van der Waals surface area contributed by atoms with Crippen LogP contribution in [-0.4, -0.2) is 22.5 Å².